The van der Waals surface area contributed by atoms with Gasteiger partial charge in [-0.2, -0.15) is 15.2 Å². The summed E-state index contributed by atoms with van der Waals surface area (Å²) in [4.78, 5) is 13.8. The third kappa shape index (κ3) is 4.00. The molecule has 0 radical (unpaired) electrons. The van der Waals surface area contributed by atoms with Crippen LogP contribution in [0, 0.1) is 23.0 Å². The van der Waals surface area contributed by atoms with Crippen LogP contribution in [0.15, 0.2) is 12.1 Å². The second kappa shape index (κ2) is 10.2. The van der Waals surface area contributed by atoms with Gasteiger partial charge in [0.1, 0.15) is 47.6 Å². The Balaban J connectivity index is 1.26. The van der Waals surface area contributed by atoms with Gasteiger partial charge in [0.25, 0.3) is 0 Å². The number of halogens is 4. The molecule has 4 saturated heterocycles. The fraction of sp³-hybridized carbons (Fsp3) is 0.469. The third-order valence-corrected chi connectivity index (χ3v) is 12.0. The van der Waals surface area contributed by atoms with Gasteiger partial charge in [0, 0.05) is 42.5 Å². The molecule has 2 aromatic carbocycles. The highest BCUT2D eigenvalue weighted by Gasteiger charge is 2.50. The van der Waals surface area contributed by atoms with Gasteiger partial charge < -0.3 is 25.4 Å². The number of nitrogens with zero attached hydrogens (tertiary/aromatic N) is 5. The summed E-state index contributed by atoms with van der Waals surface area (Å²) in [6.07, 6.45) is 3.16. The van der Waals surface area contributed by atoms with Crippen LogP contribution in [-0.4, -0.2) is 77.6 Å². The lowest BCUT2D eigenvalue weighted by molar-refractivity contribution is 0.107. The highest BCUT2D eigenvalue weighted by atomic mass is 35.5. The first-order valence-corrected chi connectivity index (χ1v) is 16.8. The Labute approximate surface area is 271 Å². The molecule has 238 valence electrons. The fourth-order valence-corrected chi connectivity index (χ4v) is 9.82. The molecular formula is C32H29ClF3N7O2S. The average molecular weight is 668 g/mol. The van der Waals surface area contributed by atoms with Crippen LogP contribution in [-0.2, 0) is 0 Å². The number of hydrogen-bond donors (Lipinski definition) is 2. The van der Waals surface area contributed by atoms with Crippen LogP contribution in [0.1, 0.15) is 37.7 Å². The molecule has 2 aromatic heterocycles. The van der Waals surface area contributed by atoms with Crippen LogP contribution in [0.25, 0.3) is 32.1 Å². The number of nitrogens with two attached hydrogens (primary N) is 1. The molecule has 4 aromatic rings. The lowest BCUT2D eigenvalue weighted by Gasteiger charge is -2.40. The molecule has 0 amide bonds. The summed E-state index contributed by atoms with van der Waals surface area (Å²) in [5.74, 6) is -0.660. The normalized spacial score (nSPS) is 28.3. The van der Waals surface area contributed by atoms with Gasteiger partial charge in [0.05, 0.1) is 32.3 Å². The summed E-state index contributed by atoms with van der Waals surface area (Å²) in [7, 11) is 0. The van der Waals surface area contributed by atoms with Crippen molar-refractivity contribution in [2.75, 3.05) is 43.5 Å². The van der Waals surface area contributed by atoms with E-state index in [0.717, 1.165) is 43.6 Å². The number of hydrogen-bond acceptors (Lipinski definition) is 10. The standard InChI is InChI=1S/C32H29ClF3N7O2S/c33-24-22(16-3-4-18(35)28-21(16)17(9-37)29(38)46-28)25(36)26-23-27(24)44-12-20-19-5-2-15(39-19)11-43(20)30(23)41-31(40-26)45-13-32-6-1-7-42(32)10-14(34)8-32/h3-4,14-15,19-20,39H,1-2,5-8,10-13,38H2/t14-,15+,19-,20-,32+/m1/s1. The molecule has 5 aliphatic heterocycles. The average Bonchev–Trinajstić information content (AvgIpc) is 3.76. The maximum Gasteiger partial charge on any atom is 0.319 e. The SMILES string of the molecule is N#Cc1c(N)sc2c(F)ccc(-c3c(Cl)c4c5c(nc(OC[C@@]67CCCN6C[C@H](F)C7)nc5c3F)N3C[C@@H]5CC[C@@H](N5)[C@H]3CO4)c12. The molecule has 0 spiro atoms. The zero-order valence-corrected chi connectivity index (χ0v) is 26.2. The van der Waals surface area contributed by atoms with Crippen LogP contribution in [0.4, 0.5) is 24.0 Å². The number of alkyl halides is 1. The van der Waals surface area contributed by atoms with E-state index in [1.54, 1.807) is 0 Å². The van der Waals surface area contributed by atoms with Crippen molar-refractivity contribution in [3.05, 3.63) is 34.4 Å². The van der Waals surface area contributed by atoms with Crippen molar-refractivity contribution in [1.29, 1.82) is 5.26 Å². The van der Waals surface area contributed by atoms with E-state index in [9.17, 15) is 14.0 Å². The van der Waals surface area contributed by atoms with Gasteiger partial charge in [0.15, 0.2) is 11.6 Å². The molecule has 4 fully saturated rings. The van der Waals surface area contributed by atoms with Gasteiger partial charge in [-0.25, -0.2) is 13.2 Å². The summed E-state index contributed by atoms with van der Waals surface area (Å²) in [5.41, 5.74) is 5.77. The Morgan fingerprint density at radius 2 is 2.11 bits per heavy atom. The van der Waals surface area contributed by atoms with Gasteiger partial charge in [-0.3, -0.25) is 4.90 Å². The molecule has 5 atom stereocenters. The van der Waals surface area contributed by atoms with E-state index in [2.05, 4.69) is 20.1 Å². The predicted molar refractivity (Wildman–Crippen MR) is 170 cm³/mol. The summed E-state index contributed by atoms with van der Waals surface area (Å²) in [5, 5.41) is 14.2. The van der Waals surface area contributed by atoms with E-state index in [4.69, 9.17) is 31.8 Å². The second-order valence-corrected chi connectivity index (χ2v) is 14.5. The van der Waals surface area contributed by atoms with E-state index in [-0.39, 0.29) is 85.4 Å². The lowest BCUT2D eigenvalue weighted by Crippen LogP contribution is -2.60. The van der Waals surface area contributed by atoms with E-state index < -0.39 is 23.3 Å². The molecule has 5 aliphatic rings. The topological polar surface area (TPSA) is 113 Å². The number of piperazine rings is 1. The maximum atomic E-state index is 17.1. The van der Waals surface area contributed by atoms with E-state index in [1.807, 2.05) is 6.07 Å². The number of nitriles is 1. The van der Waals surface area contributed by atoms with Gasteiger partial charge in [-0.05, 0) is 43.9 Å². The smallest absolute Gasteiger partial charge is 0.319 e. The molecule has 0 unspecified atom stereocenters. The number of aromatic nitrogens is 2. The van der Waals surface area contributed by atoms with Crippen molar-refractivity contribution in [1.82, 2.24) is 20.2 Å². The number of benzene rings is 2. The zero-order valence-electron chi connectivity index (χ0n) is 24.6. The Hall–Kier alpha value is -3.57. The number of anilines is 2. The van der Waals surface area contributed by atoms with Crippen LogP contribution in [0.3, 0.4) is 0 Å². The first-order chi connectivity index (χ1) is 22.3. The Kier molecular flexibility index (Phi) is 6.36. The number of nitrogen functional groups attached to an aromatic ring is 1. The van der Waals surface area contributed by atoms with Crippen molar-refractivity contribution in [3.63, 3.8) is 0 Å². The van der Waals surface area contributed by atoms with Crippen LogP contribution in [0.2, 0.25) is 5.02 Å². The van der Waals surface area contributed by atoms with E-state index in [0.29, 0.717) is 30.7 Å². The van der Waals surface area contributed by atoms with E-state index in [1.165, 1.54) is 12.1 Å². The van der Waals surface area contributed by atoms with Crippen LogP contribution in [0.5, 0.6) is 11.8 Å². The first-order valence-electron chi connectivity index (χ1n) is 15.6. The van der Waals surface area contributed by atoms with Crippen molar-refractivity contribution in [2.45, 2.75) is 61.9 Å². The minimum Gasteiger partial charge on any atom is -0.489 e. The molecule has 3 N–H and O–H groups in total. The quantitative estimate of drug-likeness (QED) is 0.289. The highest BCUT2D eigenvalue weighted by molar-refractivity contribution is 7.23. The molecular weight excluding hydrogens is 639 g/mol. The summed E-state index contributed by atoms with van der Waals surface area (Å²) >= 11 is 7.98. The summed E-state index contributed by atoms with van der Waals surface area (Å²) in [6.45, 7) is 2.26. The van der Waals surface area contributed by atoms with Crippen molar-refractivity contribution in [2.24, 2.45) is 0 Å². The number of ether oxygens (including phenoxy) is 2. The Morgan fingerprint density at radius 3 is 2.96 bits per heavy atom. The van der Waals surface area contributed by atoms with Crippen molar-refractivity contribution in [3.8, 4) is 29.0 Å². The molecule has 9 nitrogen and oxygen atoms in total. The highest BCUT2D eigenvalue weighted by Crippen LogP contribution is 2.52. The van der Waals surface area contributed by atoms with Gasteiger partial charge in [-0.15, -0.1) is 11.3 Å². The molecule has 46 heavy (non-hydrogen) atoms. The van der Waals surface area contributed by atoms with Gasteiger partial charge in [0.2, 0.25) is 0 Å². The number of nitrogens with one attached hydrogen (secondary N) is 1. The molecule has 0 saturated carbocycles. The molecule has 0 aliphatic carbocycles. The van der Waals surface area contributed by atoms with Crippen molar-refractivity contribution < 1.29 is 22.6 Å². The Bertz CT molecular complexity index is 2000. The number of fused-ring (bicyclic) bond motifs is 7. The van der Waals surface area contributed by atoms with Crippen LogP contribution >= 0.6 is 22.9 Å². The van der Waals surface area contributed by atoms with Gasteiger partial charge in [-0.1, -0.05) is 17.7 Å². The monoisotopic (exact) mass is 667 g/mol. The second-order valence-electron chi connectivity index (χ2n) is 13.1. The minimum absolute atomic E-state index is 0.0163. The zero-order chi connectivity index (χ0) is 31.5. The molecule has 7 heterocycles. The molecule has 2 bridgehead atoms. The number of rotatable bonds is 4. The maximum absolute atomic E-state index is 17.1. The minimum atomic E-state index is -0.929. The van der Waals surface area contributed by atoms with Crippen LogP contribution < -0.4 is 25.4 Å². The van der Waals surface area contributed by atoms with Crippen molar-refractivity contribution >= 4 is 54.7 Å². The number of thiophene rings is 1. The molecule has 9 rings (SSSR count). The van der Waals surface area contributed by atoms with Gasteiger partial charge >= 0.3 is 6.01 Å². The summed E-state index contributed by atoms with van der Waals surface area (Å²) < 4.78 is 59.5. The fourth-order valence-electron chi connectivity index (χ4n) is 8.54. The lowest BCUT2D eigenvalue weighted by atomic mass is 9.95. The third-order valence-electron chi connectivity index (χ3n) is 10.6. The van der Waals surface area contributed by atoms with E-state index >= 15 is 4.39 Å². The Morgan fingerprint density at radius 1 is 1.24 bits per heavy atom. The summed E-state index contributed by atoms with van der Waals surface area (Å²) in [6, 6.07) is 4.91. The largest absolute Gasteiger partial charge is 0.489 e. The molecule has 14 heteroatoms. The first kappa shape index (κ1) is 28.6. The predicted octanol–water partition coefficient (Wildman–Crippen LogP) is 5.55.